The summed E-state index contributed by atoms with van der Waals surface area (Å²) in [5, 5.41) is 7.05. The Morgan fingerprint density at radius 2 is 1.91 bits per heavy atom. The van der Waals surface area contributed by atoms with Crippen molar-refractivity contribution in [3.05, 3.63) is 0 Å². The van der Waals surface area contributed by atoms with Crippen LogP contribution in [0, 0.1) is 0 Å². The minimum absolute atomic E-state index is 0.00764. The van der Waals surface area contributed by atoms with Gasteiger partial charge in [-0.1, -0.05) is 6.92 Å². The molecule has 0 fully saturated rings. The van der Waals surface area contributed by atoms with Crippen LogP contribution in [0.2, 0.25) is 0 Å². The van der Waals surface area contributed by atoms with Crippen molar-refractivity contribution in [3.8, 4) is 0 Å². The highest BCUT2D eigenvalue weighted by molar-refractivity contribution is 7.60. The maximum atomic E-state index is 11.2. The zero-order valence-electron chi connectivity index (χ0n) is 6.87. The lowest BCUT2D eigenvalue weighted by Gasteiger charge is -2.24. The van der Waals surface area contributed by atoms with Crippen LogP contribution < -0.4 is 0 Å². The van der Waals surface area contributed by atoms with Gasteiger partial charge in [0.25, 0.3) is 0 Å². The molecule has 0 radical (unpaired) electrons. The van der Waals surface area contributed by atoms with E-state index in [1.54, 1.807) is 0 Å². The fraction of sp³-hybridized carbons (Fsp3) is 0.833. The topological polar surface area (TPSA) is 74.6 Å². The molecule has 0 aliphatic heterocycles. The molecule has 0 aromatic rings. The number of carbonyl (C=O) groups is 1. The Morgan fingerprint density at radius 1 is 1.55 bits per heavy atom. The molecule has 2 N–H and O–H groups in total. The summed E-state index contributed by atoms with van der Waals surface area (Å²) in [5.74, 6) is -1.23. The van der Waals surface area contributed by atoms with E-state index >= 15 is 0 Å². The van der Waals surface area contributed by atoms with Gasteiger partial charge in [0.15, 0.2) is 0 Å². The van der Waals surface area contributed by atoms with Gasteiger partial charge in [0.2, 0.25) is 7.37 Å². The van der Waals surface area contributed by atoms with Crippen LogP contribution in [0.5, 0.6) is 0 Å². The first-order valence-corrected chi connectivity index (χ1v) is 5.15. The summed E-state index contributed by atoms with van der Waals surface area (Å²) in [4.78, 5) is 19.7. The zero-order chi connectivity index (χ0) is 9.28. The highest BCUT2D eigenvalue weighted by Gasteiger charge is 2.44. The van der Waals surface area contributed by atoms with Crippen molar-refractivity contribution in [2.24, 2.45) is 0 Å². The summed E-state index contributed by atoms with van der Waals surface area (Å²) in [6, 6.07) is 0. The van der Waals surface area contributed by atoms with E-state index in [9.17, 15) is 14.3 Å². The second-order valence-electron chi connectivity index (χ2n) is 2.88. The van der Waals surface area contributed by atoms with Crippen LogP contribution >= 0.6 is 7.37 Å². The first kappa shape index (κ1) is 10.7. The van der Waals surface area contributed by atoms with E-state index in [4.69, 9.17) is 5.11 Å². The average molecular weight is 180 g/mol. The molecule has 0 aliphatic carbocycles. The minimum Gasteiger partial charge on any atom is -0.480 e. The van der Waals surface area contributed by atoms with Crippen LogP contribution in [-0.4, -0.2) is 27.3 Å². The zero-order valence-corrected chi connectivity index (χ0v) is 7.76. The summed E-state index contributed by atoms with van der Waals surface area (Å²) in [6.45, 7) is 4.03. The molecule has 0 amide bonds. The van der Waals surface area contributed by atoms with Crippen molar-refractivity contribution in [2.45, 2.75) is 25.9 Å². The molecule has 5 heteroatoms. The number of carboxylic acid groups (broad SMARTS) is 1. The van der Waals surface area contributed by atoms with Gasteiger partial charge < -0.3 is 10.00 Å². The van der Waals surface area contributed by atoms with Gasteiger partial charge in [-0.3, -0.25) is 9.36 Å². The molecule has 0 aromatic heterocycles. The average Bonchev–Trinajstić information content (AvgIpc) is 1.87. The van der Waals surface area contributed by atoms with Gasteiger partial charge in [0.1, 0.15) is 5.16 Å². The van der Waals surface area contributed by atoms with Gasteiger partial charge in [-0.15, -0.1) is 0 Å². The Hall–Kier alpha value is -0.340. The van der Waals surface area contributed by atoms with Crippen molar-refractivity contribution in [1.82, 2.24) is 0 Å². The molecule has 0 aliphatic rings. The molecule has 4 nitrogen and oxygen atoms in total. The first-order chi connectivity index (χ1) is 4.75. The summed E-state index contributed by atoms with van der Waals surface area (Å²) in [6.07, 6.45) is -0.00764. The lowest BCUT2D eigenvalue weighted by atomic mass is 10.2. The Balaban J connectivity index is 4.83. The third-order valence-electron chi connectivity index (χ3n) is 1.83. The van der Waals surface area contributed by atoms with Crippen LogP contribution in [0.3, 0.4) is 0 Å². The number of hydrogen-bond acceptors (Lipinski definition) is 2. The van der Waals surface area contributed by atoms with E-state index in [1.165, 1.54) is 20.8 Å². The third kappa shape index (κ3) is 1.82. The van der Waals surface area contributed by atoms with Crippen LogP contribution in [0.1, 0.15) is 20.8 Å². The third-order valence-corrected chi connectivity index (χ3v) is 4.62. The second-order valence-corrected chi connectivity index (χ2v) is 6.04. The Morgan fingerprint density at radius 3 is 2.00 bits per heavy atom. The Bertz CT molecular complexity index is 209. The highest BCUT2D eigenvalue weighted by Crippen LogP contribution is 2.53. The molecular formula is C6H13O4P. The molecule has 0 bridgehead atoms. The molecule has 0 saturated heterocycles. The largest absolute Gasteiger partial charge is 0.480 e. The predicted octanol–water partition coefficient (Wildman–Crippen LogP) is 1.14. The van der Waals surface area contributed by atoms with Crippen molar-refractivity contribution >= 4 is 13.3 Å². The maximum Gasteiger partial charge on any atom is 0.318 e. The van der Waals surface area contributed by atoms with Crippen molar-refractivity contribution < 1.29 is 19.4 Å². The molecule has 0 saturated carbocycles. The molecule has 11 heavy (non-hydrogen) atoms. The van der Waals surface area contributed by atoms with Crippen LogP contribution in [0.15, 0.2) is 0 Å². The number of aliphatic carboxylic acids is 1. The fourth-order valence-corrected chi connectivity index (χ4v) is 1.63. The Kier molecular flexibility index (Phi) is 2.86. The predicted molar refractivity (Wildman–Crippen MR) is 42.1 cm³/mol. The number of carboxylic acids is 1. The molecule has 1 atom stereocenters. The van der Waals surface area contributed by atoms with Crippen LogP contribution in [-0.2, 0) is 9.36 Å². The monoisotopic (exact) mass is 180 g/mol. The second kappa shape index (κ2) is 2.95. The Labute approximate surface area is 65.7 Å². The summed E-state index contributed by atoms with van der Waals surface area (Å²) in [7, 11) is -3.53. The van der Waals surface area contributed by atoms with Gasteiger partial charge in [-0.25, -0.2) is 0 Å². The van der Waals surface area contributed by atoms with Crippen LogP contribution in [0.25, 0.3) is 0 Å². The smallest absolute Gasteiger partial charge is 0.318 e. The molecular weight excluding hydrogens is 167 g/mol. The lowest BCUT2D eigenvalue weighted by Crippen LogP contribution is -2.31. The summed E-state index contributed by atoms with van der Waals surface area (Å²) in [5.41, 5.74) is 0. The maximum absolute atomic E-state index is 11.2. The van der Waals surface area contributed by atoms with Crippen molar-refractivity contribution in [2.75, 3.05) is 6.16 Å². The fourth-order valence-electron chi connectivity index (χ4n) is 0.545. The molecule has 66 valence electrons. The van der Waals surface area contributed by atoms with Gasteiger partial charge in [-0.2, -0.15) is 0 Å². The number of rotatable bonds is 3. The van der Waals surface area contributed by atoms with E-state index in [0.29, 0.717) is 0 Å². The quantitative estimate of drug-likeness (QED) is 0.638. The molecule has 0 spiro atoms. The van der Waals surface area contributed by atoms with Gasteiger partial charge in [0.05, 0.1) is 0 Å². The van der Waals surface area contributed by atoms with Gasteiger partial charge >= 0.3 is 5.97 Å². The van der Waals surface area contributed by atoms with E-state index in [-0.39, 0.29) is 6.16 Å². The highest BCUT2D eigenvalue weighted by atomic mass is 31.2. The standard InChI is InChI=1S/C6H13O4P/c1-4-11(9,10)6(2,3)5(7)8/h4H2,1-3H3,(H,7,8)(H,9,10). The lowest BCUT2D eigenvalue weighted by molar-refractivity contribution is -0.139. The van der Waals surface area contributed by atoms with E-state index < -0.39 is 18.5 Å². The SMILES string of the molecule is CCP(=O)(O)C(C)(C)C(=O)O. The summed E-state index contributed by atoms with van der Waals surface area (Å²) >= 11 is 0. The summed E-state index contributed by atoms with van der Waals surface area (Å²) < 4.78 is 11.2. The van der Waals surface area contributed by atoms with Crippen molar-refractivity contribution in [3.63, 3.8) is 0 Å². The van der Waals surface area contributed by atoms with E-state index in [2.05, 4.69) is 0 Å². The van der Waals surface area contributed by atoms with Crippen LogP contribution in [0.4, 0.5) is 0 Å². The minimum atomic E-state index is -3.53. The van der Waals surface area contributed by atoms with E-state index in [0.717, 1.165) is 0 Å². The number of hydrogen-bond donors (Lipinski definition) is 2. The molecule has 0 rings (SSSR count). The molecule has 1 unspecified atom stereocenters. The first-order valence-electron chi connectivity index (χ1n) is 3.31. The normalized spacial score (nSPS) is 17.5. The van der Waals surface area contributed by atoms with Crippen molar-refractivity contribution in [1.29, 1.82) is 0 Å². The van der Waals surface area contributed by atoms with Gasteiger partial charge in [-0.05, 0) is 13.8 Å². The van der Waals surface area contributed by atoms with Gasteiger partial charge in [0, 0.05) is 6.16 Å². The molecule has 0 aromatic carbocycles. The molecule has 0 heterocycles. The van der Waals surface area contributed by atoms with E-state index in [1.807, 2.05) is 0 Å².